The molecular formula is C18H16N4O. The number of anilines is 1. The van der Waals surface area contributed by atoms with Crippen LogP contribution in [0.25, 0.3) is 11.1 Å². The quantitative estimate of drug-likeness (QED) is 0.731. The van der Waals surface area contributed by atoms with Crippen molar-refractivity contribution in [2.24, 2.45) is 7.05 Å². The van der Waals surface area contributed by atoms with Gasteiger partial charge in [-0.1, -0.05) is 12.1 Å². The number of rotatable bonds is 2. The lowest BCUT2D eigenvalue weighted by atomic mass is 9.97. The molecule has 1 aromatic carbocycles. The summed E-state index contributed by atoms with van der Waals surface area (Å²) in [6.07, 6.45) is 5.45. The maximum Gasteiger partial charge on any atom is 0.260 e. The zero-order chi connectivity index (χ0) is 16.0. The zero-order valence-electron chi connectivity index (χ0n) is 13.0. The third kappa shape index (κ3) is 2.21. The van der Waals surface area contributed by atoms with Gasteiger partial charge in [0.05, 0.1) is 6.54 Å². The molecule has 3 aromatic rings. The van der Waals surface area contributed by atoms with Gasteiger partial charge in [-0.2, -0.15) is 5.10 Å². The van der Waals surface area contributed by atoms with Crippen LogP contribution < -0.4 is 4.90 Å². The highest BCUT2D eigenvalue weighted by Gasteiger charge is 2.31. The van der Waals surface area contributed by atoms with Gasteiger partial charge in [0.1, 0.15) is 0 Å². The third-order valence-corrected chi connectivity index (χ3v) is 4.18. The Morgan fingerprint density at radius 2 is 2.04 bits per heavy atom. The van der Waals surface area contributed by atoms with Crippen molar-refractivity contribution in [1.82, 2.24) is 14.8 Å². The lowest BCUT2D eigenvalue weighted by molar-refractivity contribution is 0.0995. The molecule has 0 aliphatic carbocycles. The van der Waals surface area contributed by atoms with Crippen LogP contribution in [0.3, 0.4) is 0 Å². The van der Waals surface area contributed by atoms with Gasteiger partial charge in [-0.25, -0.2) is 0 Å². The SMILES string of the molecule is Cc1cc(-c2cccnc2)cc2c1C(=O)N(c1ccn(C)n1)C2. The Labute approximate surface area is 134 Å². The third-order valence-electron chi connectivity index (χ3n) is 4.18. The fourth-order valence-electron chi connectivity index (χ4n) is 3.10. The number of pyridine rings is 1. The van der Waals surface area contributed by atoms with E-state index in [1.54, 1.807) is 15.8 Å². The standard InChI is InChI=1S/C18H16N4O/c1-12-8-14(13-4-3-6-19-10-13)9-15-11-22(18(23)17(12)15)16-5-7-21(2)20-16/h3-10H,11H2,1-2H3. The molecule has 0 saturated heterocycles. The molecule has 0 fully saturated rings. The lowest BCUT2D eigenvalue weighted by Gasteiger charge is -2.11. The molecule has 0 atom stereocenters. The molecule has 0 bridgehead atoms. The monoisotopic (exact) mass is 304 g/mol. The first kappa shape index (κ1) is 13.7. The predicted octanol–water partition coefficient (Wildman–Crippen LogP) is 2.95. The Morgan fingerprint density at radius 3 is 2.74 bits per heavy atom. The summed E-state index contributed by atoms with van der Waals surface area (Å²) in [5.74, 6) is 0.713. The van der Waals surface area contributed by atoms with Gasteiger partial charge >= 0.3 is 0 Å². The molecule has 0 unspecified atom stereocenters. The highest BCUT2D eigenvalue weighted by Crippen LogP contribution is 2.33. The van der Waals surface area contributed by atoms with E-state index < -0.39 is 0 Å². The van der Waals surface area contributed by atoms with E-state index in [0.29, 0.717) is 12.4 Å². The van der Waals surface area contributed by atoms with Crippen LogP contribution in [-0.2, 0) is 13.6 Å². The van der Waals surface area contributed by atoms with Gasteiger partial charge in [-0.05, 0) is 35.7 Å². The van der Waals surface area contributed by atoms with Gasteiger partial charge in [-0.15, -0.1) is 0 Å². The minimum Gasteiger partial charge on any atom is -0.287 e. The van der Waals surface area contributed by atoms with Crippen molar-refractivity contribution in [1.29, 1.82) is 0 Å². The van der Waals surface area contributed by atoms with Crippen LogP contribution in [0.2, 0.25) is 0 Å². The molecule has 0 spiro atoms. The van der Waals surface area contributed by atoms with Crippen LogP contribution in [0.5, 0.6) is 0 Å². The molecule has 0 saturated carbocycles. The second-order valence-electron chi connectivity index (χ2n) is 5.81. The first-order valence-electron chi connectivity index (χ1n) is 7.49. The zero-order valence-corrected chi connectivity index (χ0v) is 13.0. The molecule has 5 heteroatoms. The van der Waals surface area contributed by atoms with E-state index in [0.717, 1.165) is 27.8 Å². The Kier molecular flexibility index (Phi) is 3.01. The highest BCUT2D eigenvalue weighted by atomic mass is 16.2. The summed E-state index contributed by atoms with van der Waals surface area (Å²) in [4.78, 5) is 18.6. The van der Waals surface area contributed by atoms with Crippen molar-refractivity contribution >= 4 is 11.7 Å². The van der Waals surface area contributed by atoms with Crippen LogP contribution >= 0.6 is 0 Å². The summed E-state index contributed by atoms with van der Waals surface area (Å²) in [6, 6.07) is 9.95. The first-order valence-corrected chi connectivity index (χ1v) is 7.49. The van der Waals surface area contributed by atoms with Crippen molar-refractivity contribution < 1.29 is 4.79 Å². The molecule has 3 heterocycles. The molecule has 0 N–H and O–H groups in total. The number of aromatic nitrogens is 3. The average Bonchev–Trinajstić information content (AvgIpc) is 3.12. The second kappa shape index (κ2) is 5.05. The molecule has 2 aromatic heterocycles. The topological polar surface area (TPSA) is 51.0 Å². The molecular weight excluding hydrogens is 288 g/mol. The molecule has 114 valence electrons. The van der Waals surface area contributed by atoms with Gasteiger partial charge in [-0.3, -0.25) is 19.4 Å². The predicted molar refractivity (Wildman–Crippen MR) is 88.1 cm³/mol. The van der Waals surface area contributed by atoms with E-state index in [4.69, 9.17) is 0 Å². The smallest absolute Gasteiger partial charge is 0.260 e. The number of nitrogens with zero attached hydrogens (tertiary/aromatic N) is 4. The average molecular weight is 304 g/mol. The minimum atomic E-state index is 0.0222. The van der Waals surface area contributed by atoms with Crippen LogP contribution in [0.1, 0.15) is 21.5 Å². The lowest BCUT2D eigenvalue weighted by Crippen LogP contribution is -2.23. The summed E-state index contributed by atoms with van der Waals surface area (Å²) < 4.78 is 1.71. The van der Waals surface area contributed by atoms with E-state index in [1.165, 1.54) is 0 Å². The van der Waals surface area contributed by atoms with E-state index >= 15 is 0 Å². The normalized spacial score (nSPS) is 13.5. The Balaban J connectivity index is 1.77. The van der Waals surface area contributed by atoms with E-state index in [1.807, 2.05) is 44.6 Å². The van der Waals surface area contributed by atoms with Gasteiger partial charge < -0.3 is 0 Å². The molecule has 5 nitrogen and oxygen atoms in total. The van der Waals surface area contributed by atoms with Crippen LogP contribution in [0.4, 0.5) is 5.82 Å². The summed E-state index contributed by atoms with van der Waals surface area (Å²) in [5, 5.41) is 4.35. The molecule has 23 heavy (non-hydrogen) atoms. The molecule has 1 amide bonds. The highest BCUT2D eigenvalue weighted by molar-refractivity contribution is 6.10. The summed E-state index contributed by atoms with van der Waals surface area (Å²) in [7, 11) is 1.85. The van der Waals surface area contributed by atoms with Gasteiger partial charge in [0.15, 0.2) is 5.82 Å². The molecule has 0 radical (unpaired) electrons. The van der Waals surface area contributed by atoms with Crippen LogP contribution in [0, 0.1) is 6.92 Å². The van der Waals surface area contributed by atoms with Gasteiger partial charge in [0.25, 0.3) is 5.91 Å². The number of carbonyl (C=O) groups excluding carboxylic acids is 1. The number of hydrogen-bond acceptors (Lipinski definition) is 3. The van der Waals surface area contributed by atoms with Crippen molar-refractivity contribution in [2.45, 2.75) is 13.5 Å². The minimum absolute atomic E-state index is 0.0222. The van der Waals surface area contributed by atoms with Gasteiger partial charge in [0, 0.05) is 42.8 Å². The Hall–Kier alpha value is -2.95. The number of hydrogen-bond donors (Lipinski definition) is 0. The first-order chi connectivity index (χ1) is 11.1. The maximum absolute atomic E-state index is 12.7. The number of amides is 1. The van der Waals surface area contributed by atoms with E-state index in [9.17, 15) is 4.79 Å². The van der Waals surface area contributed by atoms with Crippen molar-refractivity contribution in [2.75, 3.05) is 4.90 Å². The summed E-state index contributed by atoms with van der Waals surface area (Å²) in [5.41, 5.74) is 4.97. The number of aryl methyl sites for hydroxylation is 2. The van der Waals surface area contributed by atoms with Crippen LogP contribution in [0.15, 0.2) is 48.9 Å². The largest absolute Gasteiger partial charge is 0.287 e. The maximum atomic E-state index is 12.7. The second-order valence-corrected chi connectivity index (χ2v) is 5.81. The van der Waals surface area contributed by atoms with Crippen molar-refractivity contribution in [3.63, 3.8) is 0 Å². The van der Waals surface area contributed by atoms with Crippen molar-refractivity contribution in [3.8, 4) is 11.1 Å². The summed E-state index contributed by atoms with van der Waals surface area (Å²) in [6.45, 7) is 2.54. The molecule has 1 aliphatic rings. The van der Waals surface area contributed by atoms with Crippen molar-refractivity contribution in [3.05, 3.63) is 65.6 Å². The fourth-order valence-corrected chi connectivity index (χ4v) is 3.10. The van der Waals surface area contributed by atoms with E-state index in [2.05, 4.69) is 22.2 Å². The van der Waals surface area contributed by atoms with E-state index in [-0.39, 0.29) is 5.91 Å². The fraction of sp³-hybridized carbons (Fsp3) is 0.167. The molecule has 4 rings (SSSR count). The Morgan fingerprint density at radius 1 is 1.17 bits per heavy atom. The number of carbonyl (C=O) groups is 1. The number of benzene rings is 1. The van der Waals surface area contributed by atoms with Crippen LogP contribution in [-0.4, -0.2) is 20.7 Å². The van der Waals surface area contributed by atoms with Gasteiger partial charge in [0.2, 0.25) is 0 Å². The summed E-state index contributed by atoms with van der Waals surface area (Å²) >= 11 is 0. The molecule has 1 aliphatic heterocycles. The number of fused-ring (bicyclic) bond motifs is 1. The Bertz CT molecular complexity index is 899.